The fourth-order valence-corrected chi connectivity index (χ4v) is 0.955. The summed E-state index contributed by atoms with van der Waals surface area (Å²) >= 11 is 0. The van der Waals surface area contributed by atoms with Gasteiger partial charge >= 0.3 is 0 Å². The Morgan fingerprint density at radius 1 is 0.900 bits per heavy atom. The van der Waals surface area contributed by atoms with E-state index in [0.717, 1.165) is 11.1 Å². The Balaban J connectivity index is 2.49. The highest BCUT2D eigenvalue weighted by Crippen LogP contribution is 2.21. The Morgan fingerprint density at radius 3 is 1.70 bits per heavy atom. The van der Waals surface area contributed by atoms with Crippen molar-refractivity contribution in [1.29, 1.82) is 0 Å². The van der Waals surface area contributed by atoms with Gasteiger partial charge in [0.1, 0.15) is 11.7 Å². The number of hydrogen-bond donors (Lipinski definition) is 2. The second-order valence-electron chi connectivity index (χ2n) is 2.11. The van der Waals surface area contributed by atoms with Gasteiger partial charge in [0.15, 0.2) is 0 Å². The summed E-state index contributed by atoms with van der Waals surface area (Å²) in [7, 11) is 0. The number of rotatable bonds is 0. The van der Waals surface area contributed by atoms with Gasteiger partial charge in [-0.1, -0.05) is 0 Å². The number of amidine groups is 2. The molecule has 0 aromatic carbocycles. The highest BCUT2D eigenvalue weighted by atomic mass is 14.9. The molecule has 4 N–H and O–H groups in total. The van der Waals surface area contributed by atoms with Crippen LogP contribution >= 0.6 is 0 Å². The lowest BCUT2D eigenvalue weighted by Crippen LogP contribution is -2.16. The third kappa shape index (κ3) is 0.452. The first-order valence-corrected chi connectivity index (χ1v) is 2.87. The van der Waals surface area contributed by atoms with Crippen LogP contribution in [0.1, 0.15) is 0 Å². The summed E-state index contributed by atoms with van der Waals surface area (Å²) < 4.78 is 0. The maximum absolute atomic E-state index is 5.48. The van der Waals surface area contributed by atoms with Gasteiger partial charge in [-0.15, -0.1) is 0 Å². The minimum Gasteiger partial charge on any atom is -0.383 e. The van der Waals surface area contributed by atoms with Crippen LogP contribution < -0.4 is 11.5 Å². The van der Waals surface area contributed by atoms with Gasteiger partial charge in [0.25, 0.3) is 0 Å². The summed E-state index contributed by atoms with van der Waals surface area (Å²) in [6.45, 7) is 0. The van der Waals surface area contributed by atoms with Crippen molar-refractivity contribution in [2.75, 3.05) is 0 Å². The molecular formula is C6H6N4. The van der Waals surface area contributed by atoms with Crippen molar-refractivity contribution in [3.05, 3.63) is 23.5 Å². The molecule has 0 spiro atoms. The van der Waals surface area contributed by atoms with Crippen LogP contribution in [-0.4, -0.2) is 11.7 Å². The molecule has 0 aromatic heterocycles. The van der Waals surface area contributed by atoms with Gasteiger partial charge in [0, 0.05) is 23.5 Å². The van der Waals surface area contributed by atoms with E-state index < -0.39 is 0 Å². The first-order valence-electron chi connectivity index (χ1n) is 2.87. The smallest absolute Gasteiger partial charge is 0.133 e. The van der Waals surface area contributed by atoms with Crippen LogP contribution in [0.3, 0.4) is 0 Å². The molecule has 0 atom stereocenters. The van der Waals surface area contributed by atoms with Gasteiger partial charge < -0.3 is 11.5 Å². The molecule has 4 heteroatoms. The summed E-state index contributed by atoms with van der Waals surface area (Å²) in [4.78, 5) is 7.75. The lowest BCUT2D eigenvalue weighted by molar-refractivity contribution is 1.50. The highest BCUT2D eigenvalue weighted by Gasteiger charge is 2.21. The molecule has 0 bridgehead atoms. The Morgan fingerprint density at radius 2 is 1.30 bits per heavy atom. The minimum absolute atomic E-state index is 0.499. The average Bonchev–Trinajstić information content (AvgIpc) is 2.41. The summed E-state index contributed by atoms with van der Waals surface area (Å²) in [5.74, 6) is 0.999. The maximum atomic E-state index is 5.48. The molecule has 10 heavy (non-hydrogen) atoms. The van der Waals surface area contributed by atoms with Crippen molar-refractivity contribution in [1.82, 2.24) is 0 Å². The summed E-state index contributed by atoms with van der Waals surface area (Å²) in [5, 5.41) is 0. The largest absolute Gasteiger partial charge is 0.383 e. The van der Waals surface area contributed by atoms with Gasteiger partial charge in [-0.3, -0.25) is 0 Å². The van der Waals surface area contributed by atoms with Gasteiger partial charge in [0.05, 0.1) is 0 Å². The third-order valence-electron chi connectivity index (χ3n) is 1.51. The van der Waals surface area contributed by atoms with Gasteiger partial charge in [-0.05, 0) is 0 Å². The summed E-state index contributed by atoms with van der Waals surface area (Å²) in [5.41, 5.74) is 12.7. The fraction of sp³-hybridized carbons (Fsp3) is 0. The van der Waals surface area contributed by atoms with Crippen molar-refractivity contribution in [3.8, 4) is 0 Å². The first kappa shape index (κ1) is 5.22. The zero-order chi connectivity index (χ0) is 7.14. The van der Waals surface area contributed by atoms with E-state index in [2.05, 4.69) is 9.98 Å². The molecule has 2 aliphatic heterocycles. The number of hydrogen-bond acceptors (Lipinski definition) is 4. The molecule has 4 nitrogen and oxygen atoms in total. The molecule has 0 aromatic rings. The molecule has 0 fully saturated rings. The SMILES string of the molecule is NC1=NC=C2C1=CN=C2N. The van der Waals surface area contributed by atoms with E-state index in [9.17, 15) is 0 Å². The van der Waals surface area contributed by atoms with E-state index in [-0.39, 0.29) is 0 Å². The predicted molar refractivity (Wildman–Crippen MR) is 39.4 cm³/mol. The van der Waals surface area contributed by atoms with Crippen LogP contribution in [0.5, 0.6) is 0 Å². The number of nitrogens with zero attached hydrogens (tertiary/aromatic N) is 2. The van der Waals surface area contributed by atoms with Crippen LogP contribution in [0.4, 0.5) is 0 Å². The second-order valence-corrected chi connectivity index (χ2v) is 2.11. The van der Waals surface area contributed by atoms with E-state index in [1.807, 2.05) is 0 Å². The molecule has 0 amide bonds. The zero-order valence-corrected chi connectivity index (χ0v) is 5.20. The van der Waals surface area contributed by atoms with Gasteiger partial charge in [-0.25, -0.2) is 9.98 Å². The normalized spacial score (nSPS) is 21.2. The average molecular weight is 134 g/mol. The zero-order valence-electron chi connectivity index (χ0n) is 5.20. The molecule has 0 unspecified atom stereocenters. The van der Waals surface area contributed by atoms with E-state index in [4.69, 9.17) is 11.5 Å². The lowest BCUT2D eigenvalue weighted by Gasteiger charge is -1.93. The summed E-state index contributed by atoms with van der Waals surface area (Å²) in [6.07, 6.45) is 3.26. The van der Waals surface area contributed by atoms with E-state index in [0.29, 0.717) is 11.7 Å². The molecule has 50 valence electrons. The van der Waals surface area contributed by atoms with Crippen molar-refractivity contribution in [2.24, 2.45) is 21.5 Å². The van der Waals surface area contributed by atoms with Crippen molar-refractivity contribution in [2.45, 2.75) is 0 Å². The Hall–Kier alpha value is -1.58. The monoisotopic (exact) mass is 134 g/mol. The molecule has 0 radical (unpaired) electrons. The number of aliphatic imine (C=N–C) groups is 2. The third-order valence-corrected chi connectivity index (χ3v) is 1.51. The quantitative estimate of drug-likeness (QED) is 0.468. The molecule has 2 rings (SSSR count). The second kappa shape index (κ2) is 1.47. The van der Waals surface area contributed by atoms with Crippen LogP contribution in [-0.2, 0) is 0 Å². The summed E-state index contributed by atoms with van der Waals surface area (Å²) in [6, 6.07) is 0. The minimum atomic E-state index is 0.499. The molecule has 2 aliphatic rings. The predicted octanol–water partition coefficient (Wildman–Crippen LogP) is -0.504. The fourth-order valence-electron chi connectivity index (χ4n) is 0.955. The Bertz CT molecular complexity index is 274. The van der Waals surface area contributed by atoms with Crippen molar-refractivity contribution >= 4 is 11.7 Å². The maximum Gasteiger partial charge on any atom is 0.133 e. The lowest BCUT2D eigenvalue weighted by atomic mass is 10.1. The van der Waals surface area contributed by atoms with Gasteiger partial charge in [0.2, 0.25) is 0 Å². The topological polar surface area (TPSA) is 76.8 Å². The van der Waals surface area contributed by atoms with Gasteiger partial charge in [-0.2, -0.15) is 0 Å². The Kier molecular flexibility index (Phi) is 0.768. The molecule has 2 heterocycles. The van der Waals surface area contributed by atoms with E-state index in [1.54, 1.807) is 12.4 Å². The van der Waals surface area contributed by atoms with Crippen LogP contribution in [0.15, 0.2) is 33.5 Å². The van der Waals surface area contributed by atoms with E-state index in [1.165, 1.54) is 0 Å². The van der Waals surface area contributed by atoms with Crippen LogP contribution in [0.2, 0.25) is 0 Å². The van der Waals surface area contributed by atoms with Crippen molar-refractivity contribution in [3.63, 3.8) is 0 Å². The first-order chi connectivity index (χ1) is 4.79. The number of fused-ring (bicyclic) bond motifs is 1. The molecular weight excluding hydrogens is 128 g/mol. The molecule has 0 saturated carbocycles. The molecule has 0 aliphatic carbocycles. The van der Waals surface area contributed by atoms with Crippen LogP contribution in [0, 0.1) is 0 Å². The van der Waals surface area contributed by atoms with E-state index >= 15 is 0 Å². The van der Waals surface area contributed by atoms with Crippen molar-refractivity contribution < 1.29 is 0 Å². The highest BCUT2D eigenvalue weighted by molar-refractivity contribution is 6.18. The number of nitrogens with two attached hydrogens (primary N) is 2. The van der Waals surface area contributed by atoms with Crippen LogP contribution in [0.25, 0.3) is 0 Å². The molecule has 0 saturated heterocycles. The standard InChI is InChI=1S/C6H6N4/c7-5-3-1-9-6(8)4(3)2-10-5/h1-2H,(H2,8,9)(H2,7,10). The Labute approximate surface area is 57.6 Å².